The monoisotopic (exact) mass is 439 g/mol. The summed E-state index contributed by atoms with van der Waals surface area (Å²) in [6.07, 6.45) is 2.20. The van der Waals surface area contributed by atoms with Gasteiger partial charge in [-0.15, -0.1) is 0 Å². The number of likely N-dealkylation sites (tertiary alicyclic amines) is 1. The van der Waals surface area contributed by atoms with Crippen molar-refractivity contribution in [3.8, 4) is 5.88 Å². The maximum absolute atomic E-state index is 12.5. The number of alkyl halides is 3. The normalized spacial score (nSPS) is 16.7. The van der Waals surface area contributed by atoms with Crippen molar-refractivity contribution >= 4 is 5.96 Å². The Morgan fingerprint density at radius 3 is 2.71 bits per heavy atom. The zero-order valence-corrected chi connectivity index (χ0v) is 17.5. The molecule has 2 aromatic heterocycles. The molecule has 1 saturated heterocycles. The minimum absolute atomic E-state index is 0.0513. The second-order valence-corrected chi connectivity index (χ2v) is 7.31. The molecule has 1 atom stereocenters. The number of guanidine groups is 1. The first kappa shape index (κ1) is 22.9. The van der Waals surface area contributed by atoms with Gasteiger partial charge in [0, 0.05) is 31.9 Å². The summed E-state index contributed by atoms with van der Waals surface area (Å²) in [5, 5.41) is 6.41. The van der Waals surface area contributed by atoms with Crippen LogP contribution in [0, 0.1) is 0 Å². The lowest BCUT2D eigenvalue weighted by molar-refractivity contribution is -0.154. The largest absolute Gasteiger partial charge is 0.468 e. The Hall–Kier alpha value is -2.75. The SMILES string of the molecule is CN=C(NCc1cccnc1OCC(F)(F)F)NCC(c1ccco1)N1CCCCC1. The summed E-state index contributed by atoms with van der Waals surface area (Å²) in [4.78, 5) is 10.5. The predicted octanol–water partition coefficient (Wildman–Crippen LogP) is 3.51. The number of aromatic nitrogens is 1. The van der Waals surface area contributed by atoms with E-state index >= 15 is 0 Å². The van der Waals surface area contributed by atoms with E-state index in [1.54, 1.807) is 25.4 Å². The molecule has 1 aliphatic rings. The molecule has 2 aromatic rings. The van der Waals surface area contributed by atoms with Crippen LogP contribution in [-0.2, 0) is 6.54 Å². The summed E-state index contributed by atoms with van der Waals surface area (Å²) >= 11 is 0. The zero-order valence-electron chi connectivity index (χ0n) is 17.5. The molecular formula is C21H28F3N5O2. The highest BCUT2D eigenvalue weighted by Gasteiger charge is 2.29. The highest BCUT2D eigenvalue weighted by atomic mass is 19.4. The van der Waals surface area contributed by atoms with E-state index in [-0.39, 0.29) is 18.5 Å². The standard InChI is InChI=1S/C21H28F3N5O2/c1-25-20(27-13-16-7-5-9-26-19(16)31-15-21(22,23)24)28-14-17(18-8-6-12-30-18)29-10-3-2-4-11-29/h5-9,12,17H,2-4,10-11,13-15H2,1H3,(H2,25,27,28). The lowest BCUT2D eigenvalue weighted by Gasteiger charge is -2.33. The van der Waals surface area contributed by atoms with Crippen molar-refractivity contribution in [2.45, 2.75) is 38.0 Å². The van der Waals surface area contributed by atoms with Crippen LogP contribution in [0.4, 0.5) is 13.2 Å². The summed E-state index contributed by atoms with van der Waals surface area (Å²) < 4.78 is 47.9. The van der Waals surface area contributed by atoms with Gasteiger partial charge in [-0.1, -0.05) is 12.5 Å². The summed E-state index contributed by atoms with van der Waals surface area (Å²) in [5.41, 5.74) is 0.508. The molecule has 0 saturated carbocycles. The van der Waals surface area contributed by atoms with Crippen molar-refractivity contribution in [1.29, 1.82) is 0 Å². The summed E-state index contributed by atoms with van der Waals surface area (Å²) in [5.74, 6) is 1.36. The fourth-order valence-corrected chi connectivity index (χ4v) is 3.55. The number of nitrogens with zero attached hydrogens (tertiary/aromatic N) is 3. The van der Waals surface area contributed by atoms with Crippen molar-refractivity contribution in [1.82, 2.24) is 20.5 Å². The highest BCUT2D eigenvalue weighted by molar-refractivity contribution is 5.79. The van der Waals surface area contributed by atoms with E-state index in [0.29, 0.717) is 18.1 Å². The maximum atomic E-state index is 12.5. The Balaban J connectivity index is 1.58. The van der Waals surface area contributed by atoms with Crippen molar-refractivity contribution in [3.63, 3.8) is 0 Å². The average molecular weight is 439 g/mol. The maximum Gasteiger partial charge on any atom is 0.422 e. The zero-order chi connectivity index (χ0) is 22.1. The van der Waals surface area contributed by atoms with E-state index in [9.17, 15) is 13.2 Å². The third-order valence-electron chi connectivity index (χ3n) is 5.06. The molecule has 0 aliphatic carbocycles. The Kier molecular flexibility index (Phi) is 8.16. The topological polar surface area (TPSA) is 74.9 Å². The van der Waals surface area contributed by atoms with Gasteiger partial charge in [0.05, 0.1) is 12.3 Å². The van der Waals surface area contributed by atoms with Crippen LogP contribution in [0.3, 0.4) is 0 Å². The van der Waals surface area contributed by atoms with Gasteiger partial charge < -0.3 is 19.8 Å². The second kappa shape index (κ2) is 11.0. The van der Waals surface area contributed by atoms with Crippen molar-refractivity contribution in [2.75, 3.05) is 33.3 Å². The molecule has 3 heterocycles. The van der Waals surface area contributed by atoms with Gasteiger partial charge in [-0.25, -0.2) is 4.98 Å². The van der Waals surface area contributed by atoms with Crippen LogP contribution in [0.25, 0.3) is 0 Å². The Bertz CT molecular complexity index is 821. The first-order chi connectivity index (χ1) is 15.0. The van der Waals surface area contributed by atoms with Crippen LogP contribution in [-0.4, -0.2) is 55.3 Å². The van der Waals surface area contributed by atoms with E-state index in [1.165, 1.54) is 12.6 Å². The quantitative estimate of drug-likeness (QED) is 0.484. The molecule has 1 fully saturated rings. The smallest absolute Gasteiger partial charge is 0.422 e. The van der Waals surface area contributed by atoms with Crippen LogP contribution in [0.5, 0.6) is 5.88 Å². The van der Waals surface area contributed by atoms with Gasteiger partial charge in [0.15, 0.2) is 12.6 Å². The fraction of sp³-hybridized carbons (Fsp3) is 0.524. The number of hydrogen-bond acceptors (Lipinski definition) is 5. The Labute approximate surface area is 179 Å². The molecule has 2 N–H and O–H groups in total. The number of ether oxygens (including phenoxy) is 1. The van der Waals surface area contributed by atoms with Crippen molar-refractivity contribution < 1.29 is 22.3 Å². The number of piperidine rings is 1. The van der Waals surface area contributed by atoms with E-state index < -0.39 is 12.8 Å². The Morgan fingerprint density at radius 2 is 2.03 bits per heavy atom. The van der Waals surface area contributed by atoms with Gasteiger partial charge in [0.1, 0.15) is 5.76 Å². The average Bonchev–Trinajstić information content (AvgIpc) is 3.30. The van der Waals surface area contributed by atoms with Crippen LogP contribution >= 0.6 is 0 Å². The fourth-order valence-electron chi connectivity index (χ4n) is 3.55. The first-order valence-electron chi connectivity index (χ1n) is 10.3. The number of halogens is 3. The summed E-state index contributed by atoms with van der Waals surface area (Å²) in [7, 11) is 1.64. The number of aliphatic imine (C=N–C) groups is 1. The molecule has 1 aliphatic heterocycles. The molecule has 3 rings (SSSR count). The molecule has 0 radical (unpaired) electrons. The Morgan fingerprint density at radius 1 is 1.23 bits per heavy atom. The van der Waals surface area contributed by atoms with Crippen LogP contribution < -0.4 is 15.4 Å². The minimum atomic E-state index is -4.42. The van der Waals surface area contributed by atoms with Crippen LogP contribution in [0.1, 0.15) is 36.6 Å². The number of hydrogen-bond donors (Lipinski definition) is 2. The molecule has 10 heteroatoms. The lowest BCUT2D eigenvalue weighted by atomic mass is 10.1. The number of pyridine rings is 1. The molecule has 7 nitrogen and oxygen atoms in total. The van der Waals surface area contributed by atoms with Gasteiger partial charge in [-0.3, -0.25) is 9.89 Å². The highest BCUT2D eigenvalue weighted by Crippen LogP contribution is 2.24. The van der Waals surface area contributed by atoms with Gasteiger partial charge in [-0.05, 0) is 44.1 Å². The molecule has 0 aromatic carbocycles. The van der Waals surface area contributed by atoms with Crippen molar-refractivity contribution in [3.05, 3.63) is 48.0 Å². The van der Waals surface area contributed by atoms with E-state index in [4.69, 9.17) is 9.15 Å². The summed E-state index contributed by atoms with van der Waals surface area (Å²) in [6.45, 7) is 1.43. The lowest BCUT2D eigenvalue weighted by Crippen LogP contribution is -2.44. The number of rotatable bonds is 8. The number of furan rings is 1. The molecule has 0 spiro atoms. The van der Waals surface area contributed by atoms with Gasteiger partial charge in [0.25, 0.3) is 0 Å². The predicted molar refractivity (Wildman–Crippen MR) is 111 cm³/mol. The number of nitrogens with one attached hydrogen (secondary N) is 2. The molecule has 0 amide bonds. The minimum Gasteiger partial charge on any atom is -0.468 e. The van der Waals surface area contributed by atoms with E-state index in [2.05, 4.69) is 25.5 Å². The molecular weight excluding hydrogens is 411 g/mol. The van der Waals surface area contributed by atoms with Crippen LogP contribution in [0.15, 0.2) is 46.1 Å². The molecule has 1 unspecified atom stereocenters. The van der Waals surface area contributed by atoms with Gasteiger partial charge in [0.2, 0.25) is 5.88 Å². The summed E-state index contributed by atoms with van der Waals surface area (Å²) in [6, 6.07) is 7.23. The molecule has 0 bridgehead atoms. The van der Waals surface area contributed by atoms with Crippen LogP contribution in [0.2, 0.25) is 0 Å². The third kappa shape index (κ3) is 7.16. The first-order valence-corrected chi connectivity index (χ1v) is 10.3. The van der Waals surface area contributed by atoms with E-state index in [0.717, 1.165) is 31.7 Å². The van der Waals surface area contributed by atoms with Crippen molar-refractivity contribution in [2.24, 2.45) is 4.99 Å². The molecule has 170 valence electrons. The second-order valence-electron chi connectivity index (χ2n) is 7.31. The van der Waals surface area contributed by atoms with E-state index in [1.807, 2.05) is 12.1 Å². The third-order valence-corrected chi connectivity index (χ3v) is 5.06. The van der Waals surface area contributed by atoms with Gasteiger partial charge in [-0.2, -0.15) is 13.2 Å². The van der Waals surface area contributed by atoms with Gasteiger partial charge >= 0.3 is 6.18 Å². The molecule has 31 heavy (non-hydrogen) atoms.